The zero-order chi connectivity index (χ0) is 16.6. The Balaban J connectivity index is 4.77. The summed E-state index contributed by atoms with van der Waals surface area (Å²) < 4.78 is 4.92. The first-order chi connectivity index (χ1) is 9.62. The SMILES string of the molecule is C=C(C)C(=O)ON(CC(C)CC(C)(C)CC)C(=O)OCC. The van der Waals surface area contributed by atoms with Crippen LogP contribution in [0.1, 0.15) is 54.4 Å². The molecule has 0 bridgehead atoms. The van der Waals surface area contributed by atoms with Gasteiger partial charge in [-0.1, -0.05) is 40.7 Å². The van der Waals surface area contributed by atoms with Crippen LogP contribution in [0.3, 0.4) is 0 Å². The van der Waals surface area contributed by atoms with Crippen LogP contribution in [0.25, 0.3) is 0 Å². The van der Waals surface area contributed by atoms with Gasteiger partial charge in [-0.25, -0.2) is 9.59 Å². The molecule has 0 aliphatic rings. The molecule has 0 aromatic rings. The number of nitrogens with zero attached hydrogens (tertiary/aromatic N) is 1. The van der Waals surface area contributed by atoms with Crippen LogP contribution in [0.5, 0.6) is 0 Å². The van der Waals surface area contributed by atoms with Crippen LogP contribution < -0.4 is 0 Å². The fourth-order valence-corrected chi connectivity index (χ4v) is 1.96. The highest BCUT2D eigenvalue weighted by molar-refractivity contribution is 5.87. The zero-order valence-electron chi connectivity index (χ0n) is 14.2. The number of rotatable bonds is 7. The maximum atomic E-state index is 11.9. The van der Waals surface area contributed by atoms with E-state index in [0.29, 0.717) is 6.54 Å². The van der Waals surface area contributed by atoms with Crippen LogP contribution in [0.2, 0.25) is 0 Å². The van der Waals surface area contributed by atoms with Crippen molar-refractivity contribution in [1.29, 1.82) is 0 Å². The molecular weight excluding hydrogens is 270 g/mol. The number of amides is 1. The molecule has 1 unspecified atom stereocenters. The van der Waals surface area contributed by atoms with Crippen molar-refractivity contribution in [3.63, 3.8) is 0 Å². The van der Waals surface area contributed by atoms with Crippen LogP contribution in [-0.2, 0) is 14.4 Å². The number of carbonyl (C=O) groups excluding carboxylic acids is 2. The molecular formula is C16H29NO4. The average molecular weight is 299 g/mol. The first-order valence-electron chi connectivity index (χ1n) is 7.45. The van der Waals surface area contributed by atoms with Gasteiger partial charge in [0.25, 0.3) is 0 Å². The largest absolute Gasteiger partial charge is 0.448 e. The molecule has 0 radical (unpaired) electrons. The smallest absolute Gasteiger partial charge is 0.443 e. The molecule has 1 amide bonds. The van der Waals surface area contributed by atoms with Gasteiger partial charge in [0, 0.05) is 5.57 Å². The van der Waals surface area contributed by atoms with E-state index >= 15 is 0 Å². The Hall–Kier alpha value is -1.52. The molecule has 0 aromatic heterocycles. The molecule has 0 aliphatic carbocycles. The molecule has 122 valence electrons. The van der Waals surface area contributed by atoms with Crippen LogP contribution in [-0.4, -0.2) is 30.3 Å². The van der Waals surface area contributed by atoms with Gasteiger partial charge in [-0.2, -0.15) is 0 Å². The zero-order valence-corrected chi connectivity index (χ0v) is 14.2. The molecule has 0 saturated carbocycles. The Morgan fingerprint density at radius 3 is 2.29 bits per heavy atom. The van der Waals surface area contributed by atoms with E-state index in [1.807, 2.05) is 6.92 Å². The molecule has 0 aliphatic heterocycles. The molecule has 0 spiro atoms. The highest BCUT2D eigenvalue weighted by atomic mass is 16.7. The molecule has 0 fully saturated rings. The van der Waals surface area contributed by atoms with Crippen LogP contribution >= 0.6 is 0 Å². The number of hydrogen-bond acceptors (Lipinski definition) is 4. The Morgan fingerprint density at radius 2 is 1.86 bits per heavy atom. The van der Waals surface area contributed by atoms with Gasteiger partial charge < -0.3 is 9.57 Å². The fourth-order valence-electron chi connectivity index (χ4n) is 1.96. The minimum absolute atomic E-state index is 0.179. The first-order valence-corrected chi connectivity index (χ1v) is 7.45. The molecule has 1 atom stereocenters. The molecule has 0 aromatic carbocycles. The second-order valence-electron chi connectivity index (χ2n) is 6.25. The van der Waals surface area contributed by atoms with Crippen LogP contribution in [0, 0.1) is 11.3 Å². The number of carbonyl (C=O) groups is 2. The Bertz CT molecular complexity index is 376. The highest BCUT2D eigenvalue weighted by Crippen LogP contribution is 2.29. The minimum atomic E-state index is -0.645. The summed E-state index contributed by atoms with van der Waals surface area (Å²) in [6.45, 7) is 15.8. The third kappa shape index (κ3) is 7.73. The van der Waals surface area contributed by atoms with Crippen molar-refractivity contribution in [1.82, 2.24) is 5.06 Å². The van der Waals surface area contributed by atoms with E-state index in [9.17, 15) is 9.59 Å². The van der Waals surface area contributed by atoms with Crippen molar-refractivity contribution < 1.29 is 19.2 Å². The third-order valence-electron chi connectivity index (χ3n) is 3.35. The Morgan fingerprint density at radius 1 is 1.29 bits per heavy atom. The van der Waals surface area contributed by atoms with Crippen molar-refractivity contribution in [2.45, 2.75) is 54.4 Å². The fraction of sp³-hybridized carbons (Fsp3) is 0.750. The second-order valence-corrected chi connectivity index (χ2v) is 6.25. The van der Waals surface area contributed by atoms with E-state index in [0.717, 1.165) is 17.9 Å². The Labute approximate surface area is 128 Å². The van der Waals surface area contributed by atoms with Crippen molar-refractivity contribution in [2.75, 3.05) is 13.2 Å². The van der Waals surface area contributed by atoms with E-state index in [1.165, 1.54) is 6.92 Å². The van der Waals surface area contributed by atoms with Crippen molar-refractivity contribution in [3.8, 4) is 0 Å². The molecule has 0 N–H and O–H groups in total. The maximum absolute atomic E-state index is 11.9. The van der Waals surface area contributed by atoms with E-state index in [2.05, 4.69) is 27.4 Å². The predicted molar refractivity (Wildman–Crippen MR) is 82.5 cm³/mol. The lowest BCUT2D eigenvalue weighted by Gasteiger charge is -2.29. The Kier molecular flexibility index (Phi) is 8.07. The lowest BCUT2D eigenvalue weighted by Crippen LogP contribution is -2.38. The summed E-state index contributed by atoms with van der Waals surface area (Å²) in [5.41, 5.74) is 0.420. The quantitative estimate of drug-likeness (QED) is 0.528. The van der Waals surface area contributed by atoms with E-state index in [4.69, 9.17) is 9.57 Å². The lowest BCUT2D eigenvalue weighted by atomic mass is 9.81. The molecule has 0 rings (SSSR count). The third-order valence-corrected chi connectivity index (χ3v) is 3.35. The van der Waals surface area contributed by atoms with Gasteiger partial charge in [0.15, 0.2) is 0 Å². The first kappa shape index (κ1) is 19.5. The van der Waals surface area contributed by atoms with Gasteiger partial charge in [-0.15, -0.1) is 5.06 Å². The minimum Gasteiger partial charge on any atom is -0.448 e. The summed E-state index contributed by atoms with van der Waals surface area (Å²) in [4.78, 5) is 28.5. The van der Waals surface area contributed by atoms with E-state index in [-0.39, 0.29) is 23.5 Å². The summed E-state index contributed by atoms with van der Waals surface area (Å²) in [7, 11) is 0. The summed E-state index contributed by atoms with van der Waals surface area (Å²) >= 11 is 0. The van der Waals surface area contributed by atoms with Crippen molar-refractivity contribution in [3.05, 3.63) is 12.2 Å². The van der Waals surface area contributed by atoms with E-state index < -0.39 is 12.1 Å². The highest BCUT2D eigenvalue weighted by Gasteiger charge is 2.26. The van der Waals surface area contributed by atoms with Gasteiger partial charge in [-0.05, 0) is 31.6 Å². The summed E-state index contributed by atoms with van der Waals surface area (Å²) in [6.07, 6.45) is 1.32. The molecule has 5 heteroatoms. The number of hydroxylamine groups is 2. The van der Waals surface area contributed by atoms with Gasteiger partial charge in [0.05, 0.1) is 13.2 Å². The summed E-state index contributed by atoms with van der Waals surface area (Å²) in [5.74, 6) is -0.438. The van der Waals surface area contributed by atoms with Gasteiger partial charge in [0.2, 0.25) is 0 Å². The molecule has 0 saturated heterocycles. The topological polar surface area (TPSA) is 55.8 Å². The normalized spacial score (nSPS) is 12.5. The van der Waals surface area contributed by atoms with Crippen LogP contribution in [0.15, 0.2) is 12.2 Å². The number of ether oxygens (including phenoxy) is 1. The van der Waals surface area contributed by atoms with Gasteiger partial charge >= 0.3 is 12.1 Å². The standard InChI is InChI=1S/C16H29NO4/c1-8-16(6,7)10-13(5)11-17(15(19)20-9-2)21-14(18)12(3)4/h13H,3,8-11H2,1-2,4-7H3. The van der Waals surface area contributed by atoms with Gasteiger partial charge in [-0.3, -0.25) is 0 Å². The molecule has 21 heavy (non-hydrogen) atoms. The molecule has 5 nitrogen and oxygen atoms in total. The van der Waals surface area contributed by atoms with Gasteiger partial charge in [0.1, 0.15) is 0 Å². The van der Waals surface area contributed by atoms with Crippen LogP contribution in [0.4, 0.5) is 4.79 Å². The van der Waals surface area contributed by atoms with Crippen molar-refractivity contribution >= 4 is 12.1 Å². The van der Waals surface area contributed by atoms with Crippen molar-refractivity contribution in [2.24, 2.45) is 11.3 Å². The van der Waals surface area contributed by atoms with E-state index in [1.54, 1.807) is 6.92 Å². The second kappa shape index (κ2) is 8.70. The predicted octanol–water partition coefficient (Wildman–Crippen LogP) is 3.94. The number of hydrogen-bond donors (Lipinski definition) is 0. The maximum Gasteiger partial charge on any atom is 0.443 e. The average Bonchev–Trinajstić information content (AvgIpc) is 2.37. The summed E-state index contributed by atoms with van der Waals surface area (Å²) in [5, 5.41) is 0.997. The monoisotopic (exact) mass is 299 g/mol. The lowest BCUT2D eigenvalue weighted by molar-refractivity contribution is -0.178. The molecule has 0 heterocycles. The summed E-state index contributed by atoms with van der Waals surface area (Å²) in [6, 6.07) is 0.